The van der Waals surface area contributed by atoms with Crippen LogP contribution in [0.15, 0.2) is 23.4 Å². The lowest BCUT2D eigenvalue weighted by Gasteiger charge is -2.33. The molecular weight excluding hydrogens is 250 g/mol. The molecule has 1 aromatic heterocycles. The summed E-state index contributed by atoms with van der Waals surface area (Å²) >= 11 is 0. The Morgan fingerprint density at radius 3 is 2.83 bits per heavy atom. The van der Waals surface area contributed by atoms with Gasteiger partial charge in [-0.05, 0) is 31.4 Å². The zero-order valence-electron chi connectivity index (χ0n) is 10.5. The van der Waals surface area contributed by atoms with Crippen molar-refractivity contribution in [2.45, 2.75) is 37.3 Å². The van der Waals surface area contributed by atoms with E-state index in [0.717, 1.165) is 24.8 Å². The van der Waals surface area contributed by atoms with E-state index < -0.39 is 10.0 Å². The summed E-state index contributed by atoms with van der Waals surface area (Å²) in [5.41, 5.74) is 6.61. The summed E-state index contributed by atoms with van der Waals surface area (Å²) in [5, 5.41) is 0.119. The highest BCUT2D eigenvalue weighted by atomic mass is 32.2. The molecule has 2 N–H and O–H groups in total. The van der Waals surface area contributed by atoms with Crippen LogP contribution in [0.4, 0.5) is 0 Å². The minimum atomic E-state index is -3.50. The van der Waals surface area contributed by atoms with E-state index in [2.05, 4.69) is 4.98 Å². The normalized spacial score (nSPS) is 22.0. The average Bonchev–Trinajstić information content (AvgIpc) is 2.39. The van der Waals surface area contributed by atoms with Crippen molar-refractivity contribution in [1.29, 1.82) is 0 Å². The van der Waals surface area contributed by atoms with Crippen molar-refractivity contribution in [1.82, 2.24) is 9.29 Å². The number of nitrogens with two attached hydrogens (primary N) is 1. The molecule has 0 bridgehead atoms. The summed E-state index contributed by atoms with van der Waals surface area (Å²) in [6.07, 6.45) is 4.34. The molecule has 1 aliphatic heterocycles. The van der Waals surface area contributed by atoms with Gasteiger partial charge in [-0.1, -0.05) is 12.5 Å². The van der Waals surface area contributed by atoms with E-state index in [1.807, 2.05) is 6.92 Å². The molecule has 0 radical (unpaired) electrons. The average molecular weight is 269 g/mol. The molecular formula is C12H19N3O2S. The SMILES string of the molecule is Cc1ccc(S(=O)(=O)N2CCCC[C@H]2CN)nc1. The minimum Gasteiger partial charge on any atom is -0.329 e. The molecule has 1 fully saturated rings. The Bertz CT molecular complexity index is 499. The molecule has 0 aromatic carbocycles. The Morgan fingerprint density at radius 1 is 1.44 bits per heavy atom. The number of piperidine rings is 1. The topological polar surface area (TPSA) is 76.3 Å². The third kappa shape index (κ3) is 2.55. The van der Waals surface area contributed by atoms with E-state index in [0.29, 0.717) is 13.1 Å². The van der Waals surface area contributed by atoms with Crippen molar-refractivity contribution in [3.63, 3.8) is 0 Å². The van der Waals surface area contributed by atoms with Crippen molar-refractivity contribution in [2.75, 3.05) is 13.1 Å². The van der Waals surface area contributed by atoms with Gasteiger partial charge in [-0.15, -0.1) is 0 Å². The molecule has 1 saturated heterocycles. The number of sulfonamides is 1. The van der Waals surface area contributed by atoms with Gasteiger partial charge in [-0.25, -0.2) is 13.4 Å². The largest absolute Gasteiger partial charge is 0.329 e. The molecule has 2 heterocycles. The van der Waals surface area contributed by atoms with Crippen LogP contribution < -0.4 is 5.73 Å². The van der Waals surface area contributed by atoms with Crippen molar-refractivity contribution in [2.24, 2.45) is 5.73 Å². The molecule has 0 spiro atoms. The number of rotatable bonds is 3. The Hall–Kier alpha value is -0.980. The van der Waals surface area contributed by atoms with E-state index in [1.165, 1.54) is 4.31 Å². The van der Waals surface area contributed by atoms with Crippen LogP contribution in [0, 0.1) is 6.92 Å². The second-order valence-corrected chi connectivity index (χ2v) is 6.51. The number of aromatic nitrogens is 1. The van der Waals surface area contributed by atoms with Gasteiger partial charge in [0.05, 0.1) is 0 Å². The summed E-state index contributed by atoms with van der Waals surface area (Å²) in [6, 6.07) is 3.24. The van der Waals surface area contributed by atoms with Crippen LogP contribution >= 0.6 is 0 Å². The van der Waals surface area contributed by atoms with Gasteiger partial charge < -0.3 is 5.73 Å². The molecule has 1 atom stereocenters. The molecule has 0 saturated carbocycles. The van der Waals surface area contributed by atoms with Gasteiger partial charge in [0.25, 0.3) is 10.0 Å². The highest BCUT2D eigenvalue weighted by Crippen LogP contribution is 2.23. The fraction of sp³-hybridized carbons (Fsp3) is 0.583. The number of aryl methyl sites for hydroxylation is 1. The van der Waals surface area contributed by atoms with Gasteiger partial charge in [0, 0.05) is 25.3 Å². The third-order valence-corrected chi connectivity index (χ3v) is 5.17. The van der Waals surface area contributed by atoms with E-state index in [4.69, 9.17) is 5.73 Å². The molecule has 0 aliphatic carbocycles. The van der Waals surface area contributed by atoms with Crippen LogP contribution in [0.25, 0.3) is 0 Å². The first kappa shape index (κ1) is 13.5. The lowest BCUT2D eigenvalue weighted by atomic mass is 10.1. The summed E-state index contributed by atoms with van der Waals surface area (Å²) < 4.78 is 26.5. The van der Waals surface area contributed by atoms with E-state index >= 15 is 0 Å². The van der Waals surface area contributed by atoms with Gasteiger partial charge >= 0.3 is 0 Å². The molecule has 2 rings (SSSR count). The van der Waals surface area contributed by atoms with E-state index in [9.17, 15) is 8.42 Å². The number of nitrogens with zero attached hydrogens (tertiary/aromatic N) is 2. The van der Waals surface area contributed by atoms with E-state index in [-0.39, 0.29) is 11.1 Å². The molecule has 100 valence electrons. The van der Waals surface area contributed by atoms with Crippen molar-refractivity contribution in [3.8, 4) is 0 Å². The van der Waals surface area contributed by atoms with Crippen molar-refractivity contribution in [3.05, 3.63) is 23.9 Å². The molecule has 1 aromatic rings. The van der Waals surface area contributed by atoms with Crippen molar-refractivity contribution >= 4 is 10.0 Å². The van der Waals surface area contributed by atoms with Gasteiger partial charge in [-0.3, -0.25) is 0 Å². The maximum absolute atomic E-state index is 12.5. The monoisotopic (exact) mass is 269 g/mol. The quantitative estimate of drug-likeness (QED) is 0.884. The van der Waals surface area contributed by atoms with Crippen molar-refractivity contribution < 1.29 is 8.42 Å². The zero-order valence-corrected chi connectivity index (χ0v) is 11.4. The summed E-state index contributed by atoms with van der Waals surface area (Å²) in [4.78, 5) is 4.02. The van der Waals surface area contributed by atoms with Gasteiger partial charge in [0.1, 0.15) is 0 Å². The summed E-state index contributed by atoms with van der Waals surface area (Å²) in [5.74, 6) is 0. The standard InChI is InChI=1S/C12H19N3O2S/c1-10-5-6-12(14-9-10)18(16,17)15-7-3-2-4-11(15)8-13/h5-6,9,11H,2-4,7-8,13H2,1H3/t11-/m0/s1. The molecule has 6 heteroatoms. The lowest BCUT2D eigenvalue weighted by molar-refractivity contribution is 0.257. The highest BCUT2D eigenvalue weighted by Gasteiger charge is 2.33. The first-order valence-corrected chi connectivity index (χ1v) is 7.64. The molecule has 0 unspecified atom stereocenters. The zero-order chi connectivity index (χ0) is 13.2. The number of pyridine rings is 1. The lowest BCUT2D eigenvalue weighted by Crippen LogP contribution is -2.47. The smallest absolute Gasteiger partial charge is 0.260 e. The minimum absolute atomic E-state index is 0.0909. The van der Waals surface area contributed by atoms with Crippen LogP contribution in [0.1, 0.15) is 24.8 Å². The third-order valence-electron chi connectivity index (χ3n) is 3.30. The fourth-order valence-corrected chi connectivity index (χ4v) is 3.87. The summed E-state index contributed by atoms with van der Waals surface area (Å²) in [7, 11) is -3.50. The first-order valence-electron chi connectivity index (χ1n) is 6.20. The Labute approximate surface area is 108 Å². The van der Waals surface area contributed by atoms with Gasteiger partial charge in [-0.2, -0.15) is 4.31 Å². The first-order chi connectivity index (χ1) is 8.55. The number of hydrogen-bond acceptors (Lipinski definition) is 4. The Morgan fingerprint density at radius 2 is 2.22 bits per heavy atom. The van der Waals surface area contributed by atoms with Crippen LogP contribution in [0.5, 0.6) is 0 Å². The molecule has 18 heavy (non-hydrogen) atoms. The predicted molar refractivity (Wildman–Crippen MR) is 69.6 cm³/mol. The van der Waals surface area contributed by atoms with Gasteiger partial charge in [0.15, 0.2) is 5.03 Å². The number of hydrogen-bond donors (Lipinski definition) is 1. The molecule has 1 aliphatic rings. The summed E-state index contributed by atoms with van der Waals surface area (Å²) in [6.45, 7) is 2.79. The Kier molecular flexibility index (Phi) is 3.99. The maximum Gasteiger partial charge on any atom is 0.260 e. The molecule has 0 amide bonds. The molecule has 5 nitrogen and oxygen atoms in total. The Balaban J connectivity index is 2.32. The van der Waals surface area contributed by atoms with Gasteiger partial charge in [0.2, 0.25) is 0 Å². The van der Waals surface area contributed by atoms with Crippen LogP contribution in [0.3, 0.4) is 0 Å². The fourth-order valence-electron chi connectivity index (χ4n) is 2.25. The maximum atomic E-state index is 12.5. The van der Waals surface area contributed by atoms with Crippen LogP contribution in [0.2, 0.25) is 0 Å². The highest BCUT2D eigenvalue weighted by molar-refractivity contribution is 7.89. The van der Waals surface area contributed by atoms with E-state index in [1.54, 1.807) is 18.3 Å². The second kappa shape index (κ2) is 5.34. The second-order valence-electron chi connectivity index (χ2n) is 4.67. The predicted octanol–water partition coefficient (Wildman–Crippen LogP) is 0.892. The van der Waals surface area contributed by atoms with Crippen LogP contribution in [-0.4, -0.2) is 36.8 Å². The van der Waals surface area contributed by atoms with Crippen LogP contribution in [-0.2, 0) is 10.0 Å².